The Kier molecular flexibility index (Phi) is 6.06. The lowest BCUT2D eigenvalue weighted by atomic mass is 10.3. The van der Waals surface area contributed by atoms with Crippen LogP contribution in [0.25, 0.3) is 0 Å². The molecule has 1 heterocycles. The molecule has 0 aliphatic rings. The molecule has 1 aromatic heterocycles. The standard InChI is InChI=1S/C15H18Cl2N4S/c1-10-8-11(2)21(20-10)7-3-6-18-15(22)19-12-4-5-13(16)14(17)9-12/h4-5,8-9H,3,6-7H2,1-2H3,(H2,18,19,22). The van der Waals surface area contributed by atoms with Crippen LogP contribution in [0.4, 0.5) is 5.69 Å². The van der Waals surface area contributed by atoms with Gasteiger partial charge in [-0.2, -0.15) is 5.10 Å². The molecule has 0 amide bonds. The van der Waals surface area contributed by atoms with E-state index < -0.39 is 0 Å². The Morgan fingerprint density at radius 1 is 1.23 bits per heavy atom. The average Bonchev–Trinajstić information content (AvgIpc) is 2.77. The predicted octanol–water partition coefficient (Wildman–Crippen LogP) is 4.18. The minimum Gasteiger partial charge on any atom is -0.362 e. The predicted molar refractivity (Wildman–Crippen MR) is 97.0 cm³/mol. The van der Waals surface area contributed by atoms with Gasteiger partial charge in [0.05, 0.1) is 15.7 Å². The number of thiocarbonyl (C=S) groups is 1. The lowest BCUT2D eigenvalue weighted by Crippen LogP contribution is -2.29. The largest absolute Gasteiger partial charge is 0.362 e. The van der Waals surface area contributed by atoms with E-state index in [1.165, 1.54) is 5.69 Å². The Labute approximate surface area is 145 Å². The van der Waals surface area contributed by atoms with Crippen LogP contribution in [0.2, 0.25) is 10.0 Å². The fourth-order valence-corrected chi connectivity index (χ4v) is 2.60. The number of aryl methyl sites for hydroxylation is 3. The number of halogens is 2. The van der Waals surface area contributed by atoms with Gasteiger partial charge in [-0.3, -0.25) is 4.68 Å². The molecule has 2 aromatic rings. The normalized spacial score (nSPS) is 10.5. The van der Waals surface area contributed by atoms with Crippen LogP contribution >= 0.6 is 35.4 Å². The van der Waals surface area contributed by atoms with Gasteiger partial charge in [0.25, 0.3) is 0 Å². The number of hydrogen-bond acceptors (Lipinski definition) is 2. The molecule has 0 bridgehead atoms. The molecule has 0 unspecified atom stereocenters. The van der Waals surface area contributed by atoms with Crippen molar-refractivity contribution in [2.45, 2.75) is 26.8 Å². The van der Waals surface area contributed by atoms with E-state index in [1.54, 1.807) is 12.1 Å². The molecule has 0 fully saturated rings. The molecular weight excluding hydrogens is 339 g/mol. The van der Waals surface area contributed by atoms with E-state index in [9.17, 15) is 0 Å². The summed E-state index contributed by atoms with van der Waals surface area (Å²) in [7, 11) is 0. The highest BCUT2D eigenvalue weighted by Gasteiger charge is 2.03. The van der Waals surface area contributed by atoms with Gasteiger partial charge in [-0.1, -0.05) is 23.2 Å². The van der Waals surface area contributed by atoms with E-state index in [1.807, 2.05) is 17.7 Å². The van der Waals surface area contributed by atoms with Crippen LogP contribution in [-0.2, 0) is 6.54 Å². The first kappa shape index (κ1) is 17.1. The van der Waals surface area contributed by atoms with E-state index in [2.05, 4.69) is 28.7 Å². The number of aromatic nitrogens is 2. The summed E-state index contributed by atoms with van der Waals surface area (Å²) in [5, 5.41) is 12.3. The van der Waals surface area contributed by atoms with Crippen LogP contribution < -0.4 is 10.6 Å². The fourth-order valence-electron chi connectivity index (χ4n) is 2.08. The van der Waals surface area contributed by atoms with Gasteiger partial charge >= 0.3 is 0 Å². The van der Waals surface area contributed by atoms with E-state index in [0.717, 1.165) is 30.9 Å². The third kappa shape index (κ3) is 4.87. The van der Waals surface area contributed by atoms with Gasteiger partial charge < -0.3 is 10.6 Å². The van der Waals surface area contributed by atoms with Crippen molar-refractivity contribution >= 4 is 46.2 Å². The van der Waals surface area contributed by atoms with Gasteiger partial charge in [-0.15, -0.1) is 0 Å². The monoisotopic (exact) mass is 356 g/mol. The van der Waals surface area contributed by atoms with Crippen LogP contribution in [0.5, 0.6) is 0 Å². The molecule has 0 saturated heterocycles. The summed E-state index contributed by atoms with van der Waals surface area (Å²) in [4.78, 5) is 0. The van der Waals surface area contributed by atoms with Crippen molar-refractivity contribution in [1.82, 2.24) is 15.1 Å². The van der Waals surface area contributed by atoms with Gasteiger partial charge in [0.1, 0.15) is 0 Å². The van der Waals surface area contributed by atoms with Crippen molar-refractivity contribution in [3.05, 3.63) is 45.7 Å². The van der Waals surface area contributed by atoms with E-state index in [-0.39, 0.29) is 0 Å². The second-order valence-corrected chi connectivity index (χ2v) is 6.24. The molecule has 22 heavy (non-hydrogen) atoms. The number of benzene rings is 1. The molecule has 2 N–H and O–H groups in total. The first-order valence-electron chi connectivity index (χ1n) is 6.96. The summed E-state index contributed by atoms with van der Waals surface area (Å²) in [6.07, 6.45) is 0.936. The summed E-state index contributed by atoms with van der Waals surface area (Å²) in [6.45, 7) is 5.69. The Balaban J connectivity index is 1.73. The molecule has 0 radical (unpaired) electrons. The fraction of sp³-hybridized carbons (Fsp3) is 0.333. The van der Waals surface area contributed by atoms with Crippen molar-refractivity contribution in [1.29, 1.82) is 0 Å². The smallest absolute Gasteiger partial charge is 0.170 e. The maximum atomic E-state index is 5.96. The summed E-state index contributed by atoms with van der Waals surface area (Å²) in [6, 6.07) is 7.38. The van der Waals surface area contributed by atoms with Crippen LogP contribution in [0, 0.1) is 13.8 Å². The van der Waals surface area contributed by atoms with Crippen molar-refractivity contribution in [3.8, 4) is 0 Å². The molecule has 0 aliphatic carbocycles. The number of nitrogens with one attached hydrogen (secondary N) is 2. The topological polar surface area (TPSA) is 41.9 Å². The summed E-state index contributed by atoms with van der Waals surface area (Å²) < 4.78 is 2.01. The summed E-state index contributed by atoms with van der Waals surface area (Å²) in [5.41, 5.74) is 3.03. The van der Waals surface area contributed by atoms with Crippen molar-refractivity contribution < 1.29 is 0 Å². The quantitative estimate of drug-likeness (QED) is 0.622. The third-order valence-electron chi connectivity index (χ3n) is 3.11. The zero-order chi connectivity index (χ0) is 16.1. The molecule has 4 nitrogen and oxygen atoms in total. The number of nitrogens with zero attached hydrogens (tertiary/aromatic N) is 2. The summed E-state index contributed by atoms with van der Waals surface area (Å²) >= 11 is 17.1. The Morgan fingerprint density at radius 2 is 2.00 bits per heavy atom. The molecule has 1 aromatic carbocycles. The van der Waals surface area contributed by atoms with Gasteiger partial charge in [-0.25, -0.2) is 0 Å². The summed E-state index contributed by atoms with van der Waals surface area (Å²) in [5.74, 6) is 0. The van der Waals surface area contributed by atoms with Crippen LogP contribution in [0.3, 0.4) is 0 Å². The van der Waals surface area contributed by atoms with Crippen LogP contribution in [-0.4, -0.2) is 21.4 Å². The molecule has 0 atom stereocenters. The van der Waals surface area contributed by atoms with Crippen LogP contribution in [0.1, 0.15) is 17.8 Å². The van der Waals surface area contributed by atoms with E-state index >= 15 is 0 Å². The van der Waals surface area contributed by atoms with Crippen LogP contribution in [0.15, 0.2) is 24.3 Å². The Bertz CT molecular complexity index is 670. The molecule has 0 saturated carbocycles. The first-order valence-corrected chi connectivity index (χ1v) is 8.13. The molecule has 0 aliphatic heterocycles. The van der Waals surface area contributed by atoms with E-state index in [4.69, 9.17) is 35.4 Å². The second kappa shape index (κ2) is 7.81. The Hall–Kier alpha value is -1.30. The zero-order valence-electron chi connectivity index (χ0n) is 12.5. The Morgan fingerprint density at radius 3 is 2.64 bits per heavy atom. The number of hydrogen-bond donors (Lipinski definition) is 2. The number of anilines is 1. The lowest BCUT2D eigenvalue weighted by Gasteiger charge is -2.11. The minimum atomic E-state index is 0.499. The SMILES string of the molecule is Cc1cc(C)n(CCCNC(=S)Nc2ccc(Cl)c(Cl)c2)n1. The van der Waals surface area contributed by atoms with Gasteiger partial charge in [0.15, 0.2) is 5.11 Å². The molecule has 2 rings (SSSR count). The van der Waals surface area contributed by atoms with Crippen molar-refractivity contribution in [3.63, 3.8) is 0 Å². The van der Waals surface area contributed by atoms with Gasteiger partial charge in [0.2, 0.25) is 0 Å². The van der Waals surface area contributed by atoms with Crippen molar-refractivity contribution in [2.24, 2.45) is 0 Å². The highest BCUT2D eigenvalue weighted by molar-refractivity contribution is 7.80. The molecule has 118 valence electrons. The minimum absolute atomic E-state index is 0.499. The maximum Gasteiger partial charge on any atom is 0.170 e. The van der Waals surface area contributed by atoms with E-state index in [0.29, 0.717) is 15.2 Å². The second-order valence-electron chi connectivity index (χ2n) is 5.01. The third-order valence-corrected chi connectivity index (χ3v) is 4.10. The highest BCUT2D eigenvalue weighted by atomic mass is 35.5. The van der Waals surface area contributed by atoms with Crippen molar-refractivity contribution in [2.75, 3.05) is 11.9 Å². The highest BCUT2D eigenvalue weighted by Crippen LogP contribution is 2.24. The molecule has 7 heteroatoms. The molecule has 0 spiro atoms. The van der Waals surface area contributed by atoms with Gasteiger partial charge in [0, 0.05) is 24.5 Å². The lowest BCUT2D eigenvalue weighted by molar-refractivity contribution is 0.558. The first-order chi connectivity index (χ1) is 10.5. The maximum absolute atomic E-state index is 5.96. The number of rotatable bonds is 5. The average molecular weight is 357 g/mol. The molecular formula is C15H18Cl2N4S. The van der Waals surface area contributed by atoms with Gasteiger partial charge in [-0.05, 0) is 56.8 Å². The zero-order valence-corrected chi connectivity index (χ0v) is 14.8.